The molecular weight excluding hydrogens is 690 g/mol. The Balaban J connectivity index is 1.53. The second-order valence-corrected chi connectivity index (χ2v) is 13.8. The largest absolute Gasteiger partial charge is 0.492 e. The molecule has 3 atom stereocenters. The maximum atomic E-state index is 14.6. The summed E-state index contributed by atoms with van der Waals surface area (Å²) in [7, 11) is 1.48. The zero-order valence-corrected chi connectivity index (χ0v) is 31.4. The van der Waals surface area contributed by atoms with Crippen LogP contribution < -0.4 is 26.0 Å². The number of nitrogens with zero attached hydrogens (tertiary/aromatic N) is 2. The monoisotopic (exact) mass is 739 g/mol. The van der Waals surface area contributed by atoms with Crippen molar-refractivity contribution < 1.29 is 33.4 Å². The van der Waals surface area contributed by atoms with Crippen molar-refractivity contribution >= 4 is 40.4 Å². The van der Waals surface area contributed by atoms with Crippen LogP contribution in [0.3, 0.4) is 0 Å². The Kier molecular flexibility index (Phi) is 13.4. The summed E-state index contributed by atoms with van der Waals surface area (Å²) in [6.45, 7) is 7.29. The quantitative estimate of drug-likeness (QED) is 0.171. The van der Waals surface area contributed by atoms with Gasteiger partial charge >= 0.3 is 0 Å². The van der Waals surface area contributed by atoms with Gasteiger partial charge in [-0.3, -0.25) is 29.0 Å². The lowest BCUT2D eigenvalue weighted by Gasteiger charge is -2.30. The van der Waals surface area contributed by atoms with Crippen molar-refractivity contribution in [1.29, 1.82) is 0 Å². The molecule has 14 nitrogen and oxygen atoms in total. The van der Waals surface area contributed by atoms with Crippen LogP contribution in [0, 0.1) is 19.8 Å². The number of carbonyl (C=O) groups is 5. The molecule has 2 aromatic heterocycles. The Morgan fingerprint density at radius 1 is 1.00 bits per heavy atom. The molecule has 0 unspecified atom stereocenters. The van der Waals surface area contributed by atoms with Crippen LogP contribution in [-0.2, 0) is 36.8 Å². The van der Waals surface area contributed by atoms with Gasteiger partial charge in [0.1, 0.15) is 30.5 Å². The molecule has 0 saturated heterocycles. The summed E-state index contributed by atoms with van der Waals surface area (Å²) in [5.41, 5.74) is 3.92. The average Bonchev–Trinajstić information content (AvgIpc) is 3.55. The summed E-state index contributed by atoms with van der Waals surface area (Å²) in [6, 6.07) is 14.9. The van der Waals surface area contributed by atoms with Gasteiger partial charge in [0.25, 0.3) is 5.91 Å². The van der Waals surface area contributed by atoms with Gasteiger partial charge < -0.3 is 40.6 Å². The molecule has 4 aromatic rings. The van der Waals surface area contributed by atoms with Crippen LogP contribution in [0.5, 0.6) is 5.75 Å². The number of aryl methyl sites for hydroxylation is 2. The van der Waals surface area contributed by atoms with Crippen LogP contribution in [0.15, 0.2) is 66.9 Å². The van der Waals surface area contributed by atoms with Gasteiger partial charge in [0.2, 0.25) is 23.6 Å². The van der Waals surface area contributed by atoms with Crippen LogP contribution in [0.25, 0.3) is 10.9 Å². The van der Waals surface area contributed by atoms with Gasteiger partial charge in [-0.15, -0.1) is 0 Å². The highest BCUT2D eigenvalue weighted by molar-refractivity contribution is 5.99. The van der Waals surface area contributed by atoms with E-state index in [-0.39, 0.29) is 51.0 Å². The zero-order valence-electron chi connectivity index (χ0n) is 31.4. The number of amides is 5. The van der Waals surface area contributed by atoms with Crippen LogP contribution >= 0.6 is 0 Å². The third kappa shape index (κ3) is 10.2. The summed E-state index contributed by atoms with van der Waals surface area (Å²) in [4.78, 5) is 78.3. The molecule has 2 aromatic carbocycles. The number of rotatable bonds is 8. The minimum absolute atomic E-state index is 0.0328. The van der Waals surface area contributed by atoms with Gasteiger partial charge in [-0.05, 0) is 61.2 Å². The van der Waals surface area contributed by atoms with Crippen LogP contribution in [0.1, 0.15) is 46.7 Å². The maximum Gasteiger partial charge on any atom is 0.253 e. The molecule has 286 valence electrons. The smallest absolute Gasteiger partial charge is 0.253 e. The molecule has 0 spiro atoms. The van der Waals surface area contributed by atoms with E-state index in [0.717, 1.165) is 27.7 Å². The molecule has 5 N–H and O–H groups in total. The van der Waals surface area contributed by atoms with E-state index in [1.54, 1.807) is 49.5 Å². The van der Waals surface area contributed by atoms with Crippen molar-refractivity contribution in [3.8, 4) is 5.75 Å². The van der Waals surface area contributed by atoms with E-state index >= 15 is 0 Å². The number of methoxy groups -OCH3 is 1. The van der Waals surface area contributed by atoms with Crippen molar-refractivity contribution in [2.75, 3.05) is 40.0 Å². The van der Waals surface area contributed by atoms with Crippen molar-refractivity contribution in [1.82, 2.24) is 36.1 Å². The predicted octanol–water partition coefficient (Wildman–Crippen LogP) is 2.37. The highest BCUT2D eigenvalue weighted by atomic mass is 16.5. The second kappa shape index (κ2) is 18.3. The maximum absolute atomic E-state index is 14.6. The number of fused-ring (bicyclic) bond motifs is 18. The van der Waals surface area contributed by atoms with Crippen LogP contribution in [0.2, 0.25) is 0 Å². The fourth-order valence-corrected chi connectivity index (χ4v) is 6.39. The number of H-pyrrole nitrogens is 1. The number of aromatic amines is 1. The number of benzene rings is 2. The van der Waals surface area contributed by atoms with Gasteiger partial charge in [-0.1, -0.05) is 44.2 Å². The third-order valence-corrected chi connectivity index (χ3v) is 9.32. The first-order valence-electron chi connectivity index (χ1n) is 18.1. The molecule has 0 fully saturated rings. The molecule has 2 aliphatic heterocycles. The van der Waals surface area contributed by atoms with Crippen molar-refractivity contribution in [3.63, 3.8) is 0 Å². The van der Waals surface area contributed by atoms with Gasteiger partial charge in [0.15, 0.2) is 0 Å². The fraction of sp³-hybridized carbons (Fsp3) is 0.400. The van der Waals surface area contributed by atoms with Gasteiger partial charge in [0.05, 0.1) is 31.0 Å². The number of ether oxygens (including phenoxy) is 2. The van der Waals surface area contributed by atoms with Crippen LogP contribution in [-0.4, -0.2) is 102 Å². The number of nitrogens with one attached hydrogen (secondary N) is 5. The van der Waals surface area contributed by atoms with Crippen molar-refractivity contribution in [2.24, 2.45) is 5.92 Å². The Morgan fingerprint density at radius 3 is 2.48 bits per heavy atom. The highest BCUT2D eigenvalue weighted by Crippen LogP contribution is 2.21. The first kappa shape index (κ1) is 39.4. The summed E-state index contributed by atoms with van der Waals surface area (Å²) in [5, 5.41) is 12.3. The topological polar surface area (TPSA) is 184 Å². The van der Waals surface area contributed by atoms with E-state index in [2.05, 4.69) is 31.2 Å². The fourth-order valence-electron chi connectivity index (χ4n) is 6.39. The SMILES string of the molecule is COCCN1CC(=O)N[C@@H](C(C)C)C(=O)NCCOc2ccc(cc2)C[C@H](NC(=O)c2ccc(C)nc2C)C(=O)N[C@@H](Cc2c[nH]c3ccccc23)C1=O. The molecule has 0 radical (unpaired) electrons. The van der Waals surface area contributed by atoms with Crippen LogP contribution in [0.4, 0.5) is 0 Å². The van der Waals surface area contributed by atoms with E-state index < -0.39 is 48.3 Å². The Bertz CT molecular complexity index is 1960. The zero-order chi connectivity index (χ0) is 38.8. The first-order chi connectivity index (χ1) is 25.9. The molecule has 54 heavy (non-hydrogen) atoms. The lowest BCUT2D eigenvalue weighted by Crippen LogP contribution is -2.58. The number of hydrogen-bond acceptors (Lipinski definition) is 8. The van der Waals surface area contributed by atoms with Crippen molar-refractivity contribution in [2.45, 2.75) is 58.7 Å². The summed E-state index contributed by atoms with van der Waals surface area (Å²) in [6.07, 6.45) is 1.95. The number of carbonyl (C=O) groups excluding carboxylic acids is 5. The van der Waals surface area contributed by atoms with Gasteiger partial charge in [0, 0.05) is 49.3 Å². The predicted molar refractivity (Wildman–Crippen MR) is 203 cm³/mol. The average molecular weight is 740 g/mol. The number of hydrogen-bond donors (Lipinski definition) is 5. The van der Waals surface area contributed by atoms with Gasteiger partial charge in [-0.2, -0.15) is 0 Å². The molecule has 14 heteroatoms. The van der Waals surface area contributed by atoms with E-state index in [1.165, 1.54) is 12.0 Å². The summed E-state index contributed by atoms with van der Waals surface area (Å²) in [5.74, 6) is -2.27. The lowest BCUT2D eigenvalue weighted by molar-refractivity contribution is -0.141. The minimum atomic E-state index is -1.16. The van der Waals surface area contributed by atoms with Crippen molar-refractivity contribution in [3.05, 3.63) is 94.9 Å². The lowest BCUT2D eigenvalue weighted by atomic mass is 10.0. The summed E-state index contributed by atoms with van der Waals surface area (Å²) < 4.78 is 11.1. The number of aromatic nitrogens is 2. The number of pyridine rings is 1. The molecule has 0 saturated carbocycles. The molecule has 4 heterocycles. The van der Waals surface area contributed by atoms with E-state index in [1.807, 2.05) is 45.0 Å². The normalized spacial score (nSPS) is 19.2. The highest BCUT2D eigenvalue weighted by Gasteiger charge is 2.33. The van der Waals surface area contributed by atoms with E-state index in [4.69, 9.17) is 9.47 Å². The molecule has 5 amide bonds. The summed E-state index contributed by atoms with van der Waals surface area (Å²) >= 11 is 0. The van der Waals surface area contributed by atoms with E-state index in [0.29, 0.717) is 17.0 Å². The Hall–Kier alpha value is -5.76. The van der Waals surface area contributed by atoms with Gasteiger partial charge in [-0.25, -0.2) is 0 Å². The first-order valence-corrected chi connectivity index (χ1v) is 18.1. The second-order valence-electron chi connectivity index (χ2n) is 13.8. The Morgan fingerprint density at radius 2 is 1.76 bits per heavy atom. The molecule has 0 aliphatic carbocycles. The molecular formula is C40H49N7O7. The third-order valence-electron chi connectivity index (χ3n) is 9.32. The standard InChI is InChI=1S/C40H49N7O7/c1-24(2)36-39(51)41-16-18-54-29-13-11-27(12-14-29)20-33(44-37(49)30-15-10-25(3)43-26(30)4)38(50)45-34(21-28-22-42-32-9-7-6-8-31(28)32)40(52)47(17-19-53-5)23-35(48)46-36/h6-15,22,24,33-34,36,42H,16-21,23H2,1-5H3,(H,41,51)(H,44,49)(H,45,50)(H,46,48)/t33-,34-,36-/m0/s1. The minimum Gasteiger partial charge on any atom is -0.492 e. The van der Waals surface area contributed by atoms with E-state index in [9.17, 15) is 24.0 Å². The molecule has 6 rings (SSSR count). The Labute approximate surface area is 314 Å². The number of para-hydroxylation sites is 1. The molecule has 2 aliphatic rings. The molecule has 2 bridgehead atoms.